The molecule has 0 aliphatic carbocycles. The van der Waals surface area contributed by atoms with Gasteiger partial charge in [-0.2, -0.15) is 5.10 Å². The molecular formula is C14H23N5O2. The molecule has 1 aromatic heterocycles. The number of nitrogens with two attached hydrogens (primary N) is 1. The Balaban J connectivity index is 1.84. The monoisotopic (exact) mass is 293 g/mol. The second-order valence-corrected chi connectivity index (χ2v) is 6.15. The summed E-state index contributed by atoms with van der Waals surface area (Å²) in [5.41, 5.74) is 6.30. The van der Waals surface area contributed by atoms with E-state index in [2.05, 4.69) is 20.0 Å². The highest BCUT2D eigenvalue weighted by Crippen LogP contribution is 2.20. The predicted octanol–water partition coefficient (Wildman–Crippen LogP) is 0.523. The molecule has 1 aliphatic heterocycles. The Labute approximate surface area is 125 Å². The van der Waals surface area contributed by atoms with E-state index in [-0.39, 0.29) is 5.97 Å². The zero-order valence-corrected chi connectivity index (χ0v) is 12.9. The van der Waals surface area contributed by atoms with Crippen LogP contribution in [0.5, 0.6) is 0 Å². The van der Waals surface area contributed by atoms with Crippen molar-refractivity contribution in [3.8, 4) is 0 Å². The molecule has 116 valence electrons. The van der Waals surface area contributed by atoms with Gasteiger partial charge in [-0.15, -0.1) is 5.10 Å². The van der Waals surface area contributed by atoms with Gasteiger partial charge in [0.25, 0.3) is 0 Å². The van der Waals surface area contributed by atoms with Crippen LogP contribution < -0.4 is 10.6 Å². The number of hydrogen-bond acceptors (Lipinski definition) is 7. The van der Waals surface area contributed by atoms with E-state index in [1.54, 1.807) is 6.20 Å². The van der Waals surface area contributed by atoms with E-state index in [1.807, 2.05) is 26.8 Å². The Morgan fingerprint density at radius 2 is 2.00 bits per heavy atom. The summed E-state index contributed by atoms with van der Waals surface area (Å²) >= 11 is 0. The van der Waals surface area contributed by atoms with Crippen LogP contribution >= 0.6 is 0 Å². The van der Waals surface area contributed by atoms with E-state index in [0.29, 0.717) is 12.4 Å². The standard InChI is InChI=1S/C14H23N5O2/c1-14(2,3)21-12(20)10-18-6-8-19(9-7-18)11-4-5-16-17-13(11)15/h4-5H,6-10H2,1-3H3,(H2,15,17). The van der Waals surface area contributed by atoms with Gasteiger partial charge in [-0.25, -0.2) is 0 Å². The lowest BCUT2D eigenvalue weighted by molar-refractivity contribution is -0.156. The summed E-state index contributed by atoms with van der Waals surface area (Å²) in [5.74, 6) is 0.263. The molecule has 1 aromatic rings. The van der Waals surface area contributed by atoms with Gasteiger partial charge in [0.2, 0.25) is 0 Å². The number of ether oxygens (including phenoxy) is 1. The van der Waals surface area contributed by atoms with Crippen LogP contribution in [-0.2, 0) is 9.53 Å². The Bertz CT molecular complexity index is 492. The summed E-state index contributed by atoms with van der Waals surface area (Å²) in [6.45, 7) is 9.15. The molecule has 0 unspecified atom stereocenters. The van der Waals surface area contributed by atoms with E-state index in [4.69, 9.17) is 10.5 Å². The van der Waals surface area contributed by atoms with Gasteiger partial charge in [0, 0.05) is 26.2 Å². The average Bonchev–Trinajstić information content (AvgIpc) is 2.38. The van der Waals surface area contributed by atoms with Gasteiger partial charge in [-0.05, 0) is 26.8 Å². The van der Waals surface area contributed by atoms with Crippen LogP contribution in [0.3, 0.4) is 0 Å². The molecule has 2 N–H and O–H groups in total. The number of aromatic nitrogens is 2. The molecule has 1 saturated heterocycles. The van der Waals surface area contributed by atoms with Crippen molar-refractivity contribution in [3.63, 3.8) is 0 Å². The van der Waals surface area contributed by atoms with Gasteiger partial charge in [-0.1, -0.05) is 0 Å². The van der Waals surface area contributed by atoms with Gasteiger partial charge < -0.3 is 15.4 Å². The molecule has 7 heteroatoms. The van der Waals surface area contributed by atoms with Crippen molar-refractivity contribution in [3.05, 3.63) is 12.3 Å². The number of piperazine rings is 1. The van der Waals surface area contributed by atoms with Crippen molar-refractivity contribution in [2.75, 3.05) is 43.4 Å². The molecule has 0 atom stereocenters. The van der Waals surface area contributed by atoms with Crippen molar-refractivity contribution in [2.24, 2.45) is 0 Å². The summed E-state index contributed by atoms with van der Waals surface area (Å²) in [6, 6.07) is 1.87. The molecule has 2 heterocycles. The molecule has 0 bridgehead atoms. The van der Waals surface area contributed by atoms with Crippen molar-refractivity contribution in [2.45, 2.75) is 26.4 Å². The van der Waals surface area contributed by atoms with Crippen LogP contribution in [0.2, 0.25) is 0 Å². The largest absolute Gasteiger partial charge is 0.459 e. The molecule has 0 amide bonds. The summed E-state index contributed by atoms with van der Waals surface area (Å²) in [6.07, 6.45) is 1.64. The maximum atomic E-state index is 11.8. The number of anilines is 2. The molecule has 7 nitrogen and oxygen atoms in total. The highest BCUT2D eigenvalue weighted by atomic mass is 16.6. The minimum absolute atomic E-state index is 0.180. The number of hydrogen-bond donors (Lipinski definition) is 1. The maximum Gasteiger partial charge on any atom is 0.320 e. The van der Waals surface area contributed by atoms with Crippen LogP contribution in [0.1, 0.15) is 20.8 Å². The van der Waals surface area contributed by atoms with Gasteiger partial charge in [-0.3, -0.25) is 9.69 Å². The van der Waals surface area contributed by atoms with Crippen LogP contribution in [0, 0.1) is 0 Å². The van der Waals surface area contributed by atoms with Gasteiger partial charge in [0.05, 0.1) is 18.4 Å². The van der Waals surface area contributed by atoms with Crippen LogP contribution in [0.25, 0.3) is 0 Å². The van der Waals surface area contributed by atoms with E-state index in [9.17, 15) is 4.79 Å². The Morgan fingerprint density at radius 1 is 1.33 bits per heavy atom. The van der Waals surface area contributed by atoms with E-state index in [1.165, 1.54) is 0 Å². The van der Waals surface area contributed by atoms with Crippen molar-refractivity contribution < 1.29 is 9.53 Å². The fourth-order valence-corrected chi connectivity index (χ4v) is 2.31. The van der Waals surface area contributed by atoms with E-state index < -0.39 is 5.60 Å². The highest BCUT2D eigenvalue weighted by molar-refractivity contribution is 5.72. The summed E-state index contributed by atoms with van der Waals surface area (Å²) in [4.78, 5) is 16.1. The minimum Gasteiger partial charge on any atom is -0.459 e. The predicted molar refractivity (Wildman–Crippen MR) is 80.9 cm³/mol. The van der Waals surface area contributed by atoms with Crippen molar-refractivity contribution >= 4 is 17.5 Å². The zero-order valence-electron chi connectivity index (χ0n) is 12.9. The van der Waals surface area contributed by atoms with Gasteiger partial charge >= 0.3 is 5.97 Å². The molecule has 0 aromatic carbocycles. The minimum atomic E-state index is -0.434. The third kappa shape index (κ3) is 4.56. The summed E-state index contributed by atoms with van der Waals surface area (Å²) in [5, 5.41) is 7.62. The topological polar surface area (TPSA) is 84.6 Å². The third-order valence-electron chi connectivity index (χ3n) is 3.21. The van der Waals surface area contributed by atoms with Crippen LogP contribution in [0.4, 0.5) is 11.5 Å². The summed E-state index contributed by atoms with van der Waals surface area (Å²) in [7, 11) is 0. The average molecular weight is 293 g/mol. The quantitative estimate of drug-likeness (QED) is 0.813. The second kappa shape index (κ2) is 6.26. The molecule has 2 rings (SSSR count). The first-order valence-corrected chi connectivity index (χ1v) is 7.11. The molecular weight excluding hydrogens is 270 g/mol. The lowest BCUT2D eigenvalue weighted by atomic mass is 10.2. The lowest BCUT2D eigenvalue weighted by Crippen LogP contribution is -2.48. The molecule has 0 radical (unpaired) electrons. The van der Waals surface area contributed by atoms with Crippen molar-refractivity contribution in [1.82, 2.24) is 15.1 Å². The van der Waals surface area contributed by atoms with Gasteiger partial charge in [0.15, 0.2) is 5.82 Å². The van der Waals surface area contributed by atoms with E-state index >= 15 is 0 Å². The summed E-state index contributed by atoms with van der Waals surface area (Å²) < 4.78 is 5.34. The molecule has 0 saturated carbocycles. The third-order valence-corrected chi connectivity index (χ3v) is 3.21. The number of nitrogen functional groups attached to an aromatic ring is 1. The Hall–Kier alpha value is -1.89. The SMILES string of the molecule is CC(C)(C)OC(=O)CN1CCN(c2ccnnc2N)CC1. The first-order chi connectivity index (χ1) is 9.85. The highest BCUT2D eigenvalue weighted by Gasteiger charge is 2.23. The number of carbonyl (C=O) groups excluding carboxylic acids is 1. The first kappa shape index (κ1) is 15.5. The fourth-order valence-electron chi connectivity index (χ4n) is 2.31. The molecule has 1 aliphatic rings. The van der Waals surface area contributed by atoms with Crippen LogP contribution in [0.15, 0.2) is 12.3 Å². The first-order valence-electron chi connectivity index (χ1n) is 7.11. The van der Waals surface area contributed by atoms with Gasteiger partial charge in [0.1, 0.15) is 5.60 Å². The Kier molecular flexibility index (Phi) is 4.62. The number of carbonyl (C=O) groups is 1. The van der Waals surface area contributed by atoms with Crippen molar-refractivity contribution in [1.29, 1.82) is 0 Å². The molecule has 21 heavy (non-hydrogen) atoms. The second-order valence-electron chi connectivity index (χ2n) is 6.15. The number of nitrogens with zero attached hydrogens (tertiary/aromatic N) is 4. The Morgan fingerprint density at radius 3 is 2.57 bits per heavy atom. The smallest absolute Gasteiger partial charge is 0.320 e. The maximum absolute atomic E-state index is 11.8. The zero-order chi connectivity index (χ0) is 15.5. The molecule has 1 fully saturated rings. The molecule has 0 spiro atoms. The number of rotatable bonds is 3. The normalized spacial score (nSPS) is 16.8. The van der Waals surface area contributed by atoms with E-state index in [0.717, 1.165) is 31.9 Å². The lowest BCUT2D eigenvalue weighted by Gasteiger charge is -2.36. The number of esters is 1. The fraction of sp³-hybridized carbons (Fsp3) is 0.643. The van der Waals surface area contributed by atoms with Crippen LogP contribution in [-0.4, -0.2) is 59.4 Å².